The van der Waals surface area contributed by atoms with Gasteiger partial charge >= 0.3 is 0 Å². The number of hydrogen-bond donors (Lipinski definition) is 0. The molecule has 0 aliphatic heterocycles. The van der Waals surface area contributed by atoms with Crippen LogP contribution < -0.4 is 4.74 Å². The second-order valence-corrected chi connectivity index (χ2v) is 5.52. The third kappa shape index (κ3) is 4.28. The lowest BCUT2D eigenvalue weighted by Gasteiger charge is -2.15. The van der Waals surface area contributed by atoms with Crippen LogP contribution in [-0.4, -0.2) is 18.7 Å². The maximum atomic E-state index is 12.8. The summed E-state index contributed by atoms with van der Waals surface area (Å²) in [6.45, 7) is 2.06. The molecule has 0 fully saturated rings. The SMILES string of the molecule is CCCCC(C(=O)c1ccccc1)C(=O)c1ccc(OC)cc1. The molecule has 2 aromatic carbocycles. The van der Waals surface area contributed by atoms with E-state index in [0.717, 1.165) is 12.8 Å². The summed E-state index contributed by atoms with van der Waals surface area (Å²) >= 11 is 0. The van der Waals surface area contributed by atoms with Gasteiger partial charge in [0.15, 0.2) is 11.6 Å². The molecule has 23 heavy (non-hydrogen) atoms. The zero-order chi connectivity index (χ0) is 16.7. The van der Waals surface area contributed by atoms with Gasteiger partial charge in [0.25, 0.3) is 0 Å². The Morgan fingerprint density at radius 3 is 2.00 bits per heavy atom. The molecule has 2 aromatic rings. The lowest BCUT2D eigenvalue weighted by molar-refractivity contribution is 0.0797. The highest BCUT2D eigenvalue weighted by atomic mass is 16.5. The zero-order valence-electron chi connectivity index (χ0n) is 13.6. The summed E-state index contributed by atoms with van der Waals surface area (Å²) in [5.41, 5.74) is 1.15. The van der Waals surface area contributed by atoms with Gasteiger partial charge in [0, 0.05) is 11.1 Å². The van der Waals surface area contributed by atoms with E-state index in [-0.39, 0.29) is 11.6 Å². The van der Waals surface area contributed by atoms with Gasteiger partial charge in [-0.25, -0.2) is 0 Å². The fraction of sp³-hybridized carbons (Fsp3) is 0.300. The first-order valence-electron chi connectivity index (χ1n) is 7.95. The molecule has 0 radical (unpaired) electrons. The van der Waals surface area contributed by atoms with Gasteiger partial charge in [-0.3, -0.25) is 9.59 Å². The van der Waals surface area contributed by atoms with Crippen molar-refractivity contribution >= 4 is 11.6 Å². The van der Waals surface area contributed by atoms with Crippen molar-refractivity contribution < 1.29 is 14.3 Å². The number of hydrogen-bond acceptors (Lipinski definition) is 3. The lowest BCUT2D eigenvalue weighted by Crippen LogP contribution is -2.24. The quantitative estimate of drug-likeness (QED) is 0.530. The van der Waals surface area contributed by atoms with Gasteiger partial charge in [-0.2, -0.15) is 0 Å². The molecule has 0 bridgehead atoms. The third-order valence-electron chi connectivity index (χ3n) is 3.91. The smallest absolute Gasteiger partial charge is 0.173 e. The van der Waals surface area contributed by atoms with Crippen LogP contribution in [0.25, 0.3) is 0 Å². The van der Waals surface area contributed by atoms with Crippen molar-refractivity contribution in [1.82, 2.24) is 0 Å². The molecule has 1 atom stereocenters. The van der Waals surface area contributed by atoms with Crippen LogP contribution in [0.2, 0.25) is 0 Å². The topological polar surface area (TPSA) is 43.4 Å². The molecule has 0 aromatic heterocycles. The molecule has 0 heterocycles. The van der Waals surface area contributed by atoms with Gasteiger partial charge < -0.3 is 4.74 Å². The van der Waals surface area contributed by atoms with Crippen molar-refractivity contribution in [2.45, 2.75) is 26.2 Å². The van der Waals surface area contributed by atoms with Crippen molar-refractivity contribution in [2.24, 2.45) is 5.92 Å². The Labute approximate surface area is 137 Å². The number of carbonyl (C=O) groups excluding carboxylic acids is 2. The number of benzene rings is 2. The van der Waals surface area contributed by atoms with Crippen molar-refractivity contribution in [3.63, 3.8) is 0 Å². The van der Waals surface area contributed by atoms with Gasteiger partial charge in [0.2, 0.25) is 0 Å². The van der Waals surface area contributed by atoms with Gasteiger partial charge in [-0.1, -0.05) is 50.1 Å². The predicted octanol–water partition coefficient (Wildman–Crippen LogP) is 4.57. The molecule has 2 rings (SSSR count). The number of unbranched alkanes of at least 4 members (excludes halogenated alkanes) is 1. The largest absolute Gasteiger partial charge is 0.497 e. The Kier molecular flexibility index (Phi) is 6.10. The zero-order valence-corrected chi connectivity index (χ0v) is 13.6. The van der Waals surface area contributed by atoms with E-state index in [9.17, 15) is 9.59 Å². The molecule has 3 nitrogen and oxygen atoms in total. The van der Waals surface area contributed by atoms with Crippen molar-refractivity contribution in [2.75, 3.05) is 7.11 Å². The summed E-state index contributed by atoms with van der Waals surface area (Å²) in [6.07, 6.45) is 2.38. The number of methoxy groups -OCH3 is 1. The van der Waals surface area contributed by atoms with Crippen LogP contribution in [-0.2, 0) is 0 Å². The van der Waals surface area contributed by atoms with E-state index in [1.165, 1.54) is 0 Å². The van der Waals surface area contributed by atoms with Gasteiger partial charge in [-0.15, -0.1) is 0 Å². The fourth-order valence-corrected chi connectivity index (χ4v) is 2.55. The molecular weight excluding hydrogens is 288 g/mol. The number of ether oxygens (including phenoxy) is 1. The standard InChI is InChI=1S/C20H22O3/c1-3-4-10-18(19(21)15-8-6-5-7-9-15)20(22)16-11-13-17(23-2)14-12-16/h5-9,11-14,18H,3-4,10H2,1-2H3. The maximum Gasteiger partial charge on any atom is 0.173 e. The second-order valence-electron chi connectivity index (χ2n) is 5.52. The third-order valence-corrected chi connectivity index (χ3v) is 3.91. The minimum atomic E-state index is -0.620. The Morgan fingerprint density at radius 1 is 0.913 bits per heavy atom. The average molecular weight is 310 g/mol. The molecule has 3 heteroatoms. The molecular formula is C20H22O3. The minimum absolute atomic E-state index is 0.0973. The van der Waals surface area contributed by atoms with Crippen LogP contribution in [0.4, 0.5) is 0 Å². The number of ketones is 2. The molecule has 0 aliphatic rings. The number of carbonyl (C=O) groups is 2. The summed E-state index contributed by atoms with van der Waals surface area (Å²) in [4.78, 5) is 25.5. The summed E-state index contributed by atoms with van der Waals surface area (Å²) in [6, 6.07) is 16.0. The Hall–Kier alpha value is -2.42. The van der Waals surface area contributed by atoms with Crippen molar-refractivity contribution in [3.8, 4) is 5.75 Å². The first kappa shape index (κ1) is 16.9. The van der Waals surface area contributed by atoms with E-state index < -0.39 is 5.92 Å². The van der Waals surface area contributed by atoms with E-state index in [4.69, 9.17) is 4.74 Å². The van der Waals surface area contributed by atoms with Crippen LogP contribution in [0.1, 0.15) is 46.9 Å². The molecule has 0 spiro atoms. The summed E-state index contributed by atoms with van der Waals surface area (Å²) in [5.74, 6) is -0.137. The van der Waals surface area contributed by atoms with Crippen molar-refractivity contribution in [3.05, 3.63) is 65.7 Å². The van der Waals surface area contributed by atoms with E-state index in [1.54, 1.807) is 43.5 Å². The van der Waals surface area contributed by atoms with Crippen LogP contribution in [0.3, 0.4) is 0 Å². The lowest BCUT2D eigenvalue weighted by atomic mass is 9.86. The van der Waals surface area contributed by atoms with Crippen LogP contribution in [0.5, 0.6) is 5.75 Å². The molecule has 0 saturated heterocycles. The normalized spacial score (nSPS) is 11.7. The molecule has 0 aliphatic carbocycles. The number of Topliss-reactive ketones (excluding diaryl/α,β-unsaturated/α-hetero) is 2. The molecule has 120 valence electrons. The van der Waals surface area contributed by atoms with Gasteiger partial charge in [0.1, 0.15) is 5.75 Å². The summed E-state index contributed by atoms with van der Waals surface area (Å²) in [7, 11) is 1.58. The van der Waals surface area contributed by atoms with E-state index in [1.807, 2.05) is 18.2 Å². The van der Waals surface area contributed by atoms with Crippen LogP contribution >= 0.6 is 0 Å². The highest BCUT2D eigenvalue weighted by Gasteiger charge is 2.27. The highest BCUT2D eigenvalue weighted by molar-refractivity contribution is 6.16. The summed E-state index contributed by atoms with van der Waals surface area (Å²) in [5, 5.41) is 0. The van der Waals surface area contributed by atoms with Gasteiger partial charge in [0.05, 0.1) is 13.0 Å². The van der Waals surface area contributed by atoms with Crippen LogP contribution in [0.15, 0.2) is 54.6 Å². The monoisotopic (exact) mass is 310 g/mol. The first-order chi connectivity index (χ1) is 11.2. The fourth-order valence-electron chi connectivity index (χ4n) is 2.55. The number of rotatable bonds is 8. The molecule has 0 amide bonds. The van der Waals surface area contributed by atoms with E-state index >= 15 is 0 Å². The highest BCUT2D eigenvalue weighted by Crippen LogP contribution is 2.22. The molecule has 0 N–H and O–H groups in total. The van der Waals surface area contributed by atoms with Gasteiger partial charge in [-0.05, 0) is 30.7 Å². The first-order valence-corrected chi connectivity index (χ1v) is 7.95. The molecule has 1 unspecified atom stereocenters. The molecule has 0 saturated carbocycles. The maximum absolute atomic E-state index is 12.8. The van der Waals surface area contributed by atoms with Crippen molar-refractivity contribution in [1.29, 1.82) is 0 Å². The summed E-state index contributed by atoms with van der Waals surface area (Å²) < 4.78 is 5.11. The Balaban J connectivity index is 2.26. The van der Waals surface area contributed by atoms with Crippen LogP contribution in [0, 0.1) is 5.92 Å². The predicted molar refractivity (Wildman–Crippen MR) is 91.1 cm³/mol. The Morgan fingerprint density at radius 2 is 1.48 bits per heavy atom. The van der Waals surface area contributed by atoms with E-state index in [0.29, 0.717) is 23.3 Å². The average Bonchev–Trinajstić information content (AvgIpc) is 2.62. The Bertz CT molecular complexity index is 644. The second kappa shape index (κ2) is 8.28. The minimum Gasteiger partial charge on any atom is -0.497 e. The van der Waals surface area contributed by atoms with E-state index in [2.05, 4.69) is 6.92 Å².